The number of hydrogen-bond acceptors (Lipinski definition) is 3. The summed E-state index contributed by atoms with van der Waals surface area (Å²) in [5, 5.41) is 0. The highest BCUT2D eigenvalue weighted by Gasteiger charge is 2.30. The van der Waals surface area contributed by atoms with Crippen LogP contribution in [0.15, 0.2) is 24.3 Å². The molecular weight excluding hydrogens is 266 g/mol. The van der Waals surface area contributed by atoms with Crippen LogP contribution in [0.3, 0.4) is 0 Å². The second-order valence-electron chi connectivity index (χ2n) is 4.87. The predicted molar refractivity (Wildman–Crippen MR) is 84.4 cm³/mol. The summed E-state index contributed by atoms with van der Waals surface area (Å²) in [5.74, 6) is 0.599. The van der Waals surface area contributed by atoms with Crippen molar-refractivity contribution in [1.82, 2.24) is 4.90 Å². The van der Waals surface area contributed by atoms with Crippen LogP contribution in [0.5, 0.6) is 0 Å². The minimum absolute atomic E-state index is 0.107. The summed E-state index contributed by atoms with van der Waals surface area (Å²) in [6.07, 6.45) is 0. The molecule has 2 rings (SSSR count). The molecule has 1 aromatic rings. The maximum absolute atomic E-state index is 12.2. The van der Waals surface area contributed by atoms with Gasteiger partial charge in [0.15, 0.2) is 0 Å². The van der Waals surface area contributed by atoms with Crippen LogP contribution in [-0.2, 0) is 16.1 Å². The number of carbonyl (C=O) groups excluding carboxylic acids is 1. The summed E-state index contributed by atoms with van der Waals surface area (Å²) in [6.45, 7) is 9.61. The molecule has 1 aliphatic heterocycles. The van der Waals surface area contributed by atoms with Crippen molar-refractivity contribution in [3.05, 3.63) is 35.4 Å². The van der Waals surface area contributed by atoms with E-state index in [4.69, 9.17) is 9.47 Å². The van der Waals surface area contributed by atoms with Gasteiger partial charge in [-0.3, -0.25) is 4.79 Å². The largest absolute Gasteiger partial charge is 0.384 e. The van der Waals surface area contributed by atoms with Crippen molar-refractivity contribution in [3.63, 3.8) is 0 Å². The van der Waals surface area contributed by atoms with Gasteiger partial charge in [-0.05, 0) is 24.6 Å². The van der Waals surface area contributed by atoms with Crippen LogP contribution in [0.4, 0.5) is 0 Å². The molecular formula is C17H27NO3. The maximum Gasteiger partial charge on any atom is 0.253 e. The van der Waals surface area contributed by atoms with Gasteiger partial charge < -0.3 is 14.4 Å². The van der Waals surface area contributed by atoms with E-state index in [1.54, 1.807) is 7.11 Å². The highest BCUT2D eigenvalue weighted by molar-refractivity contribution is 5.94. The molecule has 4 heteroatoms. The summed E-state index contributed by atoms with van der Waals surface area (Å²) in [5.41, 5.74) is 1.84. The highest BCUT2D eigenvalue weighted by atomic mass is 16.5. The number of benzene rings is 1. The normalized spacial score (nSPS) is 14.2. The van der Waals surface area contributed by atoms with Crippen LogP contribution >= 0.6 is 0 Å². The number of methoxy groups -OCH3 is 1. The Morgan fingerprint density at radius 1 is 1.24 bits per heavy atom. The Balaban J connectivity index is 0.00000106. The second-order valence-corrected chi connectivity index (χ2v) is 4.87. The fourth-order valence-corrected chi connectivity index (χ4v) is 2.22. The molecule has 0 spiro atoms. The molecule has 1 amide bonds. The molecule has 21 heavy (non-hydrogen) atoms. The molecule has 0 N–H and O–H groups in total. The first-order chi connectivity index (χ1) is 10.2. The Labute approximate surface area is 128 Å². The van der Waals surface area contributed by atoms with Crippen molar-refractivity contribution >= 4 is 5.91 Å². The minimum atomic E-state index is 0.107. The van der Waals surface area contributed by atoms with Gasteiger partial charge in [0, 0.05) is 38.3 Å². The van der Waals surface area contributed by atoms with E-state index in [1.165, 1.54) is 0 Å². The Morgan fingerprint density at radius 2 is 1.86 bits per heavy atom. The summed E-state index contributed by atoms with van der Waals surface area (Å²) < 4.78 is 10.4. The van der Waals surface area contributed by atoms with Crippen molar-refractivity contribution < 1.29 is 14.3 Å². The van der Waals surface area contributed by atoms with Crippen LogP contribution < -0.4 is 0 Å². The molecule has 0 radical (unpaired) electrons. The number of nitrogens with zero attached hydrogens (tertiary/aromatic N) is 1. The average molecular weight is 293 g/mol. The first kappa shape index (κ1) is 17.7. The van der Waals surface area contributed by atoms with Gasteiger partial charge in [0.05, 0.1) is 13.2 Å². The van der Waals surface area contributed by atoms with E-state index in [9.17, 15) is 4.79 Å². The lowest BCUT2D eigenvalue weighted by atomic mass is 9.99. The molecule has 0 unspecified atom stereocenters. The smallest absolute Gasteiger partial charge is 0.253 e. The van der Waals surface area contributed by atoms with E-state index < -0.39 is 0 Å². The van der Waals surface area contributed by atoms with E-state index in [0.717, 1.165) is 30.8 Å². The van der Waals surface area contributed by atoms with Crippen LogP contribution in [-0.4, -0.2) is 44.2 Å². The molecule has 1 aromatic carbocycles. The average Bonchev–Trinajstić information content (AvgIpc) is 2.50. The number of likely N-dealkylation sites (tertiary alicyclic amines) is 1. The van der Waals surface area contributed by atoms with Crippen LogP contribution in [0, 0.1) is 5.92 Å². The molecule has 1 saturated heterocycles. The van der Waals surface area contributed by atoms with Gasteiger partial charge in [-0.15, -0.1) is 0 Å². The lowest BCUT2D eigenvalue weighted by molar-refractivity contribution is 0.0270. The second kappa shape index (κ2) is 9.53. The van der Waals surface area contributed by atoms with E-state index in [2.05, 4.69) is 0 Å². The van der Waals surface area contributed by atoms with Crippen LogP contribution in [0.1, 0.15) is 36.7 Å². The number of ether oxygens (including phenoxy) is 2. The van der Waals surface area contributed by atoms with Crippen molar-refractivity contribution in [2.75, 3.05) is 33.4 Å². The van der Waals surface area contributed by atoms with Gasteiger partial charge in [0.2, 0.25) is 0 Å². The summed E-state index contributed by atoms with van der Waals surface area (Å²) in [7, 11) is 1.70. The number of amides is 1. The van der Waals surface area contributed by atoms with E-state index in [-0.39, 0.29) is 5.91 Å². The molecule has 0 atom stereocenters. The fourth-order valence-electron chi connectivity index (χ4n) is 2.22. The van der Waals surface area contributed by atoms with Gasteiger partial charge >= 0.3 is 0 Å². The Kier molecular flexibility index (Phi) is 8.01. The lowest BCUT2D eigenvalue weighted by Gasteiger charge is -2.38. The number of rotatable bonds is 6. The Hall–Kier alpha value is -1.39. The molecule has 0 aromatic heterocycles. The lowest BCUT2D eigenvalue weighted by Crippen LogP contribution is -2.51. The Morgan fingerprint density at radius 3 is 2.38 bits per heavy atom. The van der Waals surface area contributed by atoms with Crippen molar-refractivity contribution in [3.8, 4) is 0 Å². The highest BCUT2D eigenvalue weighted by Crippen LogP contribution is 2.19. The number of carbonyl (C=O) groups is 1. The molecule has 0 saturated carbocycles. The molecule has 0 aliphatic carbocycles. The van der Waals surface area contributed by atoms with Gasteiger partial charge in [0.1, 0.15) is 0 Å². The predicted octanol–water partition coefficient (Wildman–Crippen LogP) is 2.97. The fraction of sp³-hybridized carbons (Fsp3) is 0.588. The number of hydrogen-bond donors (Lipinski definition) is 0. The Bertz CT molecular complexity index is 411. The first-order valence-corrected chi connectivity index (χ1v) is 7.69. The quantitative estimate of drug-likeness (QED) is 0.809. The standard InChI is InChI=1S/C15H21NO3.C2H6/c1-3-19-11-12-4-6-14(7-5-12)15(17)16-8-13(9-16)10-18-2;1-2/h4-7,13H,3,8-11H2,1-2H3;1-2H3. The van der Waals surface area contributed by atoms with E-state index >= 15 is 0 Å². The minimum Gasteiger partial charge on any atom is -0.384 e. The summed E-state index contributed by atoms with van der Waals surface area (Å²) in [4.78, 5) is 14.0. The van der Waals surface area contributed by atoms with Crippen molar-refractivity contribution in [1.29, 1.82) is 0 Å². The monoisotopic (exact) mass is 293 g/mol. The van der Waals surface area contributed by atoms with Crippen LogP contribution in [0.2, 0.25) is 0 Å². The molecule has 118 valence electrons. The van der Waals surface area contributed by atoms with Gasteiger partial charge in [-0.2, -0.15) is 0 Å². The zero-order valence-corrected chi connectivity index (χ0v) is 13.6. The molecule has 4 nitrogen and oxygen atoms in total. The molecule has 0 bridgehead atoms. The van der Waals surface area contributed by atoms with Crippen LogP contribution in [0.25, 0.3) is 0 Å². The molecule has 1 aliphatic rings. The van der Waals surface area contributed by atoms with Crippen molar-refractivity contribution in [2.45, 2.75) is 27.4 Å². The maximum atomic E-state index is 12.2. The van der Waals surface area contributed by atoms with E-state index in [0.29, 0.717) is 19.1 Å². The third kappa shape index (κ3) is 5.14. The topological polar surface area (TPSA) is 38.8 Å². The third-order valence-electron chi connectivity index (χ3n) is 3.32. The summed E-state index contributed by atoms with van der Waals surface area (Å²) >= 11 is 0. The van der Waals surface area contributed by atoms with Crippen molar-refractivity contribution in [2.24, 2.45) is 5.92 Å². The van der Waals surface area contributed by atoms with Gasteiger partial charge in [-0.1, -0.05) is 26.0 Å². The third-order valence-corrected chi connectivity index (χ3v) is 3.32. The van der Waals surface area contributed by atoms with Gasteiger partial charge in [0.25, 0.3) is 5.91 Å². The molecule has 1 heterocycles. The molecule has 1 fully saturated rings. The zero-order valence-electron chi connectivity index (χ0n) is 13.6. The zero-order chi connectivity index (χ0) is 15.7. The SMILES string of the molecule is CC.CCOCc1ccc(C(=O)N2CC(COC)C2)cc1. The van der Waals surface area contributed by atoms with Gasteiger partial charge in [-0.25, -0.2) is 0 Å². The first-order valence-electron chi connectivity index (χ1n) is 7.69. The summed E-state index contributed by atoms with van der Waals surface area (Å²) in [6, 6.07) is 7.66. The van der Waals surface area contributed by atoms with E-state index in [1.807, 2.05) is 49.9 Å².